The van der Waals surface area contributed by atoms with Crippen LogP contribution in [0.25, 0.3) is 0 Å². The number of nitrogens with zero attached hydrogens (tertiary/aromatic N) is 2. The van der Waals surface area contributed by atoms with Crippen LogP contribution in [0.15, 0.2) is 91.0 Å². The van der Waals surface area contributed by atoms with E-state index < -0.39 is 35.0 Å². The largest absolute Gasteiger partial charge is 0.494 e. The van der Waals surface area contributed by atoms with Crippen molar-refractivity contribution in [1.29, 1.82) is 0 Å². The standard InChI is InChI=1S/C38H38N2O6/c1-3-5-22-45-27-16-12-25(13-17-27)39-34(41)30-29-20-21-38(32(30)36(39)43,24-10-8-7-9-11-24)33-31(29)35(42)40(37(33)44)26-14-18-28(19-15-26)46-23-6-4-2/h7-21,29-33H,3-6,22-23H2,1-2H3/t29?,30-,31-,32-,33+,38?/m0/s1. The van der Waals surface area contributed by atoms with Crippen molar-refractivity contribution in [2.75, 3.05) is 23.0 Å². The maximum Gasteiger partial charge on any atom is 0.238 e. The number of rotatable bonds is 11. The van der Waals surface area contributed by atoms with Crippen LogP contribution in [-0.4, -0.2) is 36.8 Å². The van der Waals surface area contributed by atoms with E-state index in [-0.39, 0.29) is 23.6 Å². The van der Waals surface area contributed by atoms with E-state index in [1.807, 2.05) is 42.5 Å². The molecule has 3 aromatic carbocycles. The molecule has 2 unspecified atom stereocenters. The molecule has 5 aliphatic rings. The Hall–Kier alpha value is -4.72. The molecule has 0 aromatic heterocycles. The molecule has 6 atom stereocenters. The predicted octanol–water partition coefficient (Wildman–Crippen LogP) is 6.09. The Morgan fingerprint density at radius 3 is 1.50 bits per heavy atom. The molecule has 2 bridgehead atoms. The molecule has 3 aromatic rings. The van der Waals surface area contributed by atoms with E-state index in [0.29, 0.717) is 36.1 Å². The topological polar surface area (TPSA) is 93.2 Å². The fraction of sp³-hybridized carbons (Fsp3) is 0.368. The highest BCUT2D eigenvalue weighted by molar-refractivity contribution is 6.27. The van der Waals surface area contributed by atoms with Crippen molar-refractivity contribution in [3.8, 4) is 11.5 Å². The number of hydrogen-bond donors (Lipinski definition) is 0. The molecule has 8 rings (SSSR count). The van der Waals surface area contributed by atoms with Crippen LogP contribution in [0.3, 0.4) is 0 Å². The molecule has 2 saturated heterocycles. The second-order valence-electron chi connectivity index (χ2n) is 12.7. The van der Waals surface area contributed by atoms with Crippen molar-refractivity contribution >= 4 is 35.0 Å². The van der Waals surface area contributed by atoms with Gasteiger partial charge in [0.25, 0.3) is 0 Å². The van der Waals surface area contributed by atoms with Crippen molar-refractivity contribution < 1.29 is 28.7 Å². The van der Waals surface area contributed by atoms with Gasteiger partial charge in [0.1, 0.15) is 11.5 Å². The highest BCUT2D eigenvalue weighted by atomic mass is 16.5. The van der Waals surface area contributed by atoms with Gasteiger partial charge >= 0.3 is 0 Å². The summed E-state index contributed by atoms with van der Waals surface area (Å²) in [5.74, 6) is -3.82. The third-order valence-electron chi connectivity index (χ3n) is 10.2. The average molecular weight is 619 g/mol. The van der Waals surface area contributed by atoms with Crippen LogP contribution in [0.5, 0.6) is 11.5 Å². The number of benzene rings is 3. The van der Waals surface area contributed by atoms with Crippen LogP contribution in [0.2, 0.25) is 0 Å². The van der Waals surface area contributed by atoms with Gasteiger partial charge in [0.05, 0.1) is 48.3 Å². The number of hydrogen-bond acceptors (Lipinski definition) is 6. The van der Waals surface area contributed by atoms with Crippen molar-refractivity contribution in [3.63, 3.8) is 0 Å². The highest BCUT2D eigenvalue weighted by Gasteiger charge is 2.75. The van der Waals surface area contributed by atoms with Gasteiger partial charge in [-0.05, 0) is 66.9 Å². The monoisotopic (exact) mass is 618 g/mol. The number of unbranched alkanes of at least 4 members (excludes halogenated alkanes) is 2. The first-order valence-electron chi connectivity index (χ1n) is 16.4. The fourth-order valence-electron chi connectivity index (χ4n) is 8.04. The van der Waals surface area contributed by atoms with E-state index in [9.17, 15) is 19.2 Å². The molecule has 0 radical (unpaired) electrons. The lowest BCUT2D eigenvalue weighted by Crippen LogP contribution is -2.60. The molecule has 0 N–H and O–H groups in total. The molecule has 3 fully saturated rings. The van der Waals surface area contributed by atoms with Gasteiger partial charge in [0.15, 0.2) is 0 Å². The van der Waals surface area contributed by atoms with E-state index in [0.717, 1.165) is 31.2 Å². The predicted molar refractivity (Wildman–Crippen MR) is 173 cm³/mol. The first kappa shape index (κ1) is 30.0. The van der Waals surface area contributed by atoms with E-state index in [2.05, 4.69) is 13.8 Å². The van der Waals surface area contributed by atoms with Crippen LogP contribution in [0.1, 0.15) is 45.1 Å². The quantitative estimate of drug-likeness (QED) is 0.147. The molecule has 2 aliphatic heterocycles. The average Bonchev–Trinajstić information content (AvgIpc) is 3.53. The number of carbonyl (C=O) groups is 4. The van der Waals surface area contributed by atoms with Crippen LogP contribution in [0, 0.1) is 29.6 Å². The summed E-state index contributed by atoms with van der Waals surface area (Å²) in [7, 11) is 0. The second kappa shape index (κ2) is 11.9. The SMILES string of the molecule is CCCCOc1ccc(N2C(=O)[C@@H]3[C@@H](C2=O)C2C=CC3(c3ccccc3)[C@H]3C(=O)N(c4ccc(OCCCC)cc4)C(=O)[C@@H]23)cc1. The lowest BCUT2D eigenvalue weighted by molar-refractivity contribution is -0.140. The zero-order valence-electron chi connectivity index (χ0n) is 26.1. The second-order valence-corrected chi connectivity index (χ2v) is 12.7. The van der Waals surface area contributed by atoms with Crippen molar-refractivity contribution in [1.82, 2.24) is 0 Å². The number of anilines is 2. The Labute approximate surface area is 269 Å². The first-order valence-corrected chi connectivity index (χ1v) is 16.4. The third-order valence-corrected chi connectivity index (χ3v) is 10.2. The van der Waals surface area contributed by atoms with Gasteiger partial charge in [0.2, 0.25) is 23.6 Å². The minimum absolute atomic E-state index is 0.338. The van der Waals surface area contributed by atoms with Gasteiger partial charge in [-0.2, -0.15) is 0 Å². The number of carbonyl (C=O) groups excluding carboxylic acids is 4. The minimum Gasteiger partial charge on any atom is -0.494 e. The summed E-state index contributed by atoms with van der Waals surface area (Å²) in [6.45, 7) is 5.37. The molecule has 1 saturated carbocycles. The zero-order valence-corrected chi connectivity index (χ0v) is 26.1. The lowest BCUT2D eigenvalue weighted by Gasteiger charge is -2.53. The Kier molecular flexibility index (Phi) is 7.75. The summed E-state index contributed by atoms with van der Waals surface area (Å²) in [5, 5.41) is 0. The van der Waals surface area contributed by atoms with Crippen molar-refractivity contribution in [3.05, 3.63) is 96.6 Å². The molecule has 3 aliphatic carbocycles. The third kappa shape index (κ3) is 4.49. The molecule has 8 heteroatoms. The van der Waals surface area contributed by atoms with Gasteiger partial charge in [0, 0.05) is 11.3 Å². The van der Waals surface area contributed by atoms with E-state index >= 15 is 0 Å². The van der Waals surface area contributed by atoms with Crippen LogP contribution in [-0.2, 0) is 24.6 Å². The van der Waals surface area contributed by atoms with Gasteiger partial charge < -0.3 is 9.47 Å². The normalized spacial score (nSPS) is 27.7. The Morgan fingerprint density at radius 2 is 1.07 bits per heavy atom. The highest BCUT2D eigenvalue weighted by Crippen LogP contribution is 2.65. The molecule has 46 heavy (non-hydrogen) atoms. The molecule has 4 amide bonds. The van der Waals surface area contributed by atoms with Crippen LogP contribution < -0.4 is 19.3 Å². The summed E-state index contributed by atoms with van der Waals surface area (Å²) in [6.07, 6.45) is 7.74. The summed E-state index contributed by atoms with van der Waals surface area (Å²) < 4.78 is 11.6. The molecular formula is C38H38N2O6. The van der Waals surface area contributed by atoms with E-state index in [4.69, 9.17) is 9.47 Å². The molecule has 8 nitrogen and oxygen atoms in total. The van der Waals surface area contributed by atoms with Gasteiger partial charge in [-0.3, -0.25) is 19.2 Å². The summed E-state index contributed by atoms with van der Waals surface area (Å²) in [6, 6.07) is 23.4. The number of amides is 4. The summed E-state index contributed by atoms with van der Waals surface area (Å²) in [5.41, 5.74) is 0.501. The molecular weight excluding hydrogens is 580 g/mol. The first-order chi connectivity index (χ1) is 22.4. The minimum atomic E-state index is -1.17. The van der Waals surface area contributed by atoms with Gasteiger partial charge in [-0.25, -0.2) is 9.80 Å². The fourth-order valence-corrected chi connectivity index (χ4v) is 8.04. The summed E-state index contributed by atoms with van der Waals surface area (Å²) >= 11 is 0. The number of allylic oxidation sites excluding steroid dienone is 2. The Bertz CT molecular complexity index is 1580. The number of ether oxygens (including phenoxy) is 2. The van der Waals surface area contributed by atoms with Crippen molar-refractivity contribution in [2.24, 2.45) is 29.6 Å². The zero-order chi connectivity index (χ0) is 32.0. The van der Waals surface area contributed by atoms with Crippen LogP contribution >= 0.6 is 0 Å². The molecule has 236 valence electrons. The smallest absolute Gasteiger partial charge is 0.238 e. The van der Waals surface area contributed by atoms with E-state index in [1.165, 1.54) is 9.80 Å². The molecule has 0 spiro atoms. The van der Waals surface area contributed by atoms with Gasteiger partial charge in [-0.15, -0.1) is 0 Å². The lowest BCUT2D eigenvalue weighted by atomic mass is 9.45. The number of imide groups is 2. The van der Waals surface area contributed by atoms with Crippen molar-refractivity contribution in [2.45, 2.75) is 44.9 Å². The summed E-state index contributed by atoms with van der Waals surface area (Å²) in [4.78, 5) is 60.1. The van der Waals surface area contributed by atoms with Gasteiger partial charge in [-0.1, -0.05) is 69.2 Å². The maximum atomic E-state index is 14.5. The van der Waals surface area contributed by atoms with E-state index in [1.54, 1.807) is 48.5 Å². The van der Waals surface area contributed by atoms with Crippen LogP contribution in [0.4, 0.5) is 11.4 Å². The Balaban J connectivity index is 1.26. The molecule has 2 heterocycles. The maximum absolute atomic E-state index is 14.5. The Morgan fingerprint density at radius 1 is 0.609 bits per heavy atom.